The molecule has 2 heterocycles. The highest BCUT2D eigenvalue weighted by Crippen LogP contribution is 2.06. The molecule has 0 unspecified atom stereocenters. The van der Waals surface area contributed by atoms with Crippen LogP contribution >= 0.6 is 0 Å². The van der Waals surface area contributed by atoms with E-state index in [1.165, 1.54) is 17.0 Å². The first-order valence-corrected chi connectivity index (χ1v) is 5.31. The summed E-state index contributed by atoms with van der Waals surface area (Å²) in [4.78, 5) is 27.1. The first-order valence-electron chi connectivity index (χ1n) is 5.31. The number of nitrogens with one attached hydrogen (secondary N) is 1. The van der Waals surface area contributed by atoms with E-state index < -0.39 is 0 Å². The molecule has 0 spiro atoms. The molecule has 1 N–H and O–H groups in total. The highest BCUT2D eigenvalue weighted by atomic mass is 16.5. The Morgan fingerprint density at radius 3 is 2.83 bits per heavy atom. The molecule has 18 heavy (non-hydrogen) atoms. The SMILES string of the molecule is Cc1cc(=O)n(CC(=O)Nc2cc(C)on2)cn1. The molecular weight excluding hydrogens is 236 g/mol. The van der Waals surface area contributed by atoms with Gasteiger partial charge in [-0.15, -0.1) is 0 Å². The van der Waals surface area contributed by atoms with Crippen molar-refractivity contribution >= 4 is 11.7 Å². The summed E-state index contributed by atoms with van der Waals surface area (Å²) in [5.74, 6) is 0.557. The van der Waals surface area contributed by atoms with Gasteiger partial charge in [0.2, 0.25) is 5.91 Å². The molecule has 0 aliphatic carbocycles. The predicted molar refractivity (Wildman–Crippen MR) is 63.1 cm³/mol. The fraction of sp³-hybridized carbons (Fsp3) is 0.273. The van der Waals surface area contributed by atoms with Gasteiger partial charge >= 0.3 is 0 Å². The number of aryl methyl sites for hydroxylation is 2. The summed E-state index contributed by atoms with van der Waals surface area (Å²) in [6.07, 6.45) is 1.34. The minimum atomic E-state index is -0.365. The molecule has 0 saturated heterocycles. The fourth-order valence-corrected chi connectivity index (χ4v) is 1.40. The molecule has 7 heteroatoms. The van der Waals surface area contributed by atoms with Gasteiger partial charge in [0.25, 0.3) is 5.56 Å². The maximum absolute atomic E-state index is 11.6. The zero-order chi connectivity index (χ0) is 13.1. The normalized spacial score (nSPS) is 10.3. The Morgan fingerprint density at radius 2 is 2.22 bits per heavy atom. The first-order chi connectivity index (χ1) is 8.54. The van der Waals surface area contributed by atoms with Gasteiger partial charge in [-0.2, -0.15) is 0 Å². The Hall–Kier alpha value is -2.44. The van der Waals surface area contributed by atoms with Crippen molar-refractivity contribution in [3.8, 4) is 0 Å². The number of carbonyl (C=O) groups excluding carboxylic acids is 1. The molecule has 0 fully saturated rings. The van der Waals surface area contributed by atoms with Crippen molar-refractivity contribution in [2.45, 2.75) is 20.4 Å². The number of aromatic nitrogens is 3. The average Bonchev–Trinajstić information content (AvgIpc) is 2.68. The second-order valence-electron chi connectivity index (χ2n) is 3.87. The van der Waals surface area contributed by atoms with Crippen molar-refractivity contribution in [1.82, 2.24) is 14.7 Å². The van der Waals surface area contributed by atoms with Crippen LogP contribution < -0.4 is 10.9 Å². The average molecular weight is 248 g/mol. The number of amides is 1. The van der Waals surface area contributed by atoms with Crippen LogP contribution in [0.15, 0.2) is 27.8 Å². The molecule has 2 aromatic rings. The molecule has 2 rings (SSSR count). The lowest BCUT2D eigenvalue weighted by Gasteiger charge is -2.04. The number of carbonyl (C=O) groups is 1. The van der Waals surface area contributed by atoms with Crippen LogP contribution in [0.1, 0.15) is 11.5 Å². The molecule has 2 aromatic heterocycles. The number of anilines is 1. The van der Waals surface area contributed by atoms with Crippen LogP contribution in [-0.2, 0) is 11.3 Å². The summed E-state index contributed by atoms with van der Waals surface area (Å²) in [6.45, 7) is 3.32. The van der Waals surface area contributed by atoms with Crippen LogP contribution in [0.5, 0.6) is 0 Å². The fourth-order valence-electron chi connectivity index (χ4n) is 1.40. The van der Waals surface area contributed by atoms with Crippen molar-refractivity contribution < 1.29 is 9.32 Å². The topological polar surface area (TPSA) is 90.0 Å². The van der Waals surface area contributed by atoms with E-state index in [0.717, 1.165) is 0 Å². The smallest absolute Gasteiger partial charge is 0.253 e. The van der Waals surface area contributed by atoms with Gasteiger partial charge in [0.1, 0.15) is 12.3 Å². The highest BCUT2D eigenvalue weighted by Gasteiger charge is 2.08. The predicted octanol–water partition coefficient (Wildman–Crippen LogP) is 0.487. The maximum Gasteiger partial charge on any atom is 0.253 e. The third-order valence-corrected chi connectivity index (χ3v) is 2.23. The van der Waals surface area contributed by atoms with E-state index in [1.54, 1.807) is 19.9 Å². The van der Waals surface area contributed by atoms with Crippen LogP contribution in [0.25, 0.3) is 0 Å². The van der Waals surface area contributed by atoms with Gasteiger partial charge in [-0.1, -0.05) is 5.16 Å². The summed E-state index contributed by atoms with van der Waals surface area (Å²) in [7, 11) is 0. The molecule has 0 radical (unpaired) electrons. The van der Waals surface area contributed by atoms with Gasteiger partial charge in [0.05, 0.1) is 6.33 Å². The number of hydrogen-bond donors (Lipinski definition) is 1. The minimum absolute atomic E-state index is 0.113. The van der Waals surface area contributed by atoms with E-state index in [2.05, 4.69) is 15.5 Å². The van der Waals surface area contributed by atoms with Crippen LogP contribution in [0.2, 0.25) is 0 Å². The van der Waals surface area contributed by atoms with E-state index in [0.29, 0.717) is 17.3 Å². The van der Waals surface area contributed by atoms with Gasteiger partial charge < -0.3 is 9.84 Å². The Labute approximate surface area is 102 Å². The lowest BCUT2D eigenvalue weighted by Crippen LogP contribution is -2.27. The Kier molecular flexibility index (Phi) is 3.22. The van der Waals surface area contributed by atoms with Crippen molar-refractivity contribution in [1.29, 1.82) is 0 Å². The second-order valence-corrected chi connectivity index (χ2v) is 3.87. The van der Waals surface area contributed by atoms with Crippen molar-refractivity contribution in [3.63, 3.8) is 0 Å². The van der Waals surface area contributed by atoms with Gasteiger partial charge in [-0.25, -0.2) is 4.98 Å². The standard InChI is InChI=1S/C11H12N4O3/c1-7-3-11(17)15(6-12-7)5-10(16)13-9-4-8(2)18-14-9/h3-4,6H,5H2,1-2H3,(H,13,14,16). The van der Waals surface area contributed by atoms with Crippen molar-refractivity contribution in [3.05, 3.63) is 40.3 Å². The number of hydrogen-bond acceptors (Lipinski definition) is 5. The maximum atomic E-state index is 11.6. The van der Waals surface area contributed by atoms with Crippen molar-refractivity contribution in [2.75, 3.05) is 5.32 Å². The van der Waals surface area contributed by atoms with Gasteiger partial charge in [0, 0.05) is 17.8 Å². The monoisotopic (exact) mass is 248 g/mol. The summed E-state index contributed by atoms with van der Waals surface area (Å²) >= 11 is 0. The number of nitrogens with zero attached hydrogens (tertiary/aromatic N) is 3. The molecule has 0 aliphatic heterocycles. The number of rotatable bonds is 3. The molecule has 0 aliphatic rings. The van der Waals surface area contributed by atoms with Gasteiger partial charge in [0.15, 0.2) is 5.82 Å². The second kappa shape index (κ2) is 4.82. The zero-order valence-electron chi connectivity index (χ0n) is 10.0. The van der Waals surface area contributed by atoms with E-state index in [1.807, 2.05) is 0 Å². The Morgan fingerprint density at radius 1 is 1.44 bits per heavy atom. The largest absolute Gasteiger partial charge is 0.360 e. The lowest BCUT2D eigenvalue weighted by atomic mass is 10.4. The first kappa shape index (κ1) is 12.0. The van der Waals surface area contributed by atoms with Crippen LogP contribution in [-0.4, -0.2) is 20.6 Å². The third-order valence-electron chi connectivity index (χ3n) is 2.23. The third kappa shape index (κ3) is 2.82. The Bertz CT molecular complexity index is 629. The molecule has 0 saturated carbocycles. The molecule has 1 amide bonds. The van der Waals surface area contributed by atoms with Crippen LogP contribution in [0, 0.1) is 13.8 Å². The molecule has 94 valence electrons. The summed E-state index contributed by atoms with van der Waals surface area (Å²) in [5, 5.41) is 6.15. The molecule has 0 bridgehead atoms. The molecule has 0 aromatic carbocycles. The Balaban J connectivity index is 2.05. The summed E-state index contributed by atoms with van der Waals surface area (Å²) in [5.41, 5.74) is 0.345. The highest BCUT2D eigenvalue weighted by molar-refractivity contribution is 5.89. The molecule has 7 nitrogen and oxygen atoms in total. The lowest BCUT2D eigenvalue weighted by molar-refractivity contribution is -0.116. The van der Waals surface area contributed by atoms with Gasteiger partial charge in [-0.05, 0) is 13.8 Å². The van der Waals surface area contributed by atoms with E-state index in [-0.39, 0.29) is 18.0 Å². The van der Waals surface area contributed by atoms with Crippen LogP contribution in [0.4, 0.5) is 5.82 Å². The van der Waals surface area contributed by atoms with E-state index in [4.69, 9.17) is 4.52 Å². The molecule has 0 atom stereocenters. The zero-order valence-corrected chi connectivity index (χ0v) is 10.0. The van der Waals surface area contributed by atoms with Crippen LogP contribution in [0.3, 0.4) is 0 Å². The van der Waals surface area contributed by atoms with E-state index >= 15 is 0 Å². The minimum Gasteiger partial charge on any atom is -0.360 e. The summed E-state index contributed by atoms with van der Waals surface area (Å²) in [6, 6.07) is 2.96. The van der Waals surface area contributed by atoms with E-state index in [9.17, 15) is 9.59 Å². The molecular formula is C11H12N4O3. The van der Waals surface area contributed by atoms with Gasteiger partial charge in [-0.3, -0.25) is 14.2 Å². The summed E-state index contributed by atoms with van der Waals surface area (Å²) < 4.78 is 6.03. The van der Waals surface area contributed by atoms with Crippen molar-refractivity contribution in [2.24, 2.45) is 0 Å². The quantitative estimate of drug-likeness (QED) is 0.853.